The van der Waals surface area contributed by atoms with E-state index in [1.54, 1.807) is 24.3 Å². The van der Waals surface area contributed by atoms with Gasteiger partial charge in [0.1, 0.15) is 5.75 Å². The lowest BCUT2D eigenvalue weighted by Crippen LogP contribution is -2.27. The fourth-order valence-electron chi connectivity index (χ4n) is 2.97. The number of nitrogens with two attached hydrogens (primary N) is 1. The number of nitrogens with zero attached hydrogens (tertiary/aromatic N) is 1. The highest BCUT2D eigenvalue weighted by atomic mass is 32.2. The summed E-state index contributed by atoms with van der Waals surface area (Å²) in [5, 5.41) is 14.8. The second kappa shape index (κ2) is 10.8. The third kappa shape index (κ3) is 6.93. The Hall–Kier alpha value is -2.78. The molecule has 0 atom stereocenters. The Labute approximate surface area is 177 Å². The third-order valence-corrected chi connectivity index (χ3v) is 4.94. The first kappa shape index (κ1) is 23.5. The van der Waals surface area contributed by atoms with Crippen LogP contribution in [0.15, 0.2) is 42.5 Å². The average Bonchev–Trinajstić information content (AvgIpc) is 2.69. The van der Waals surface area contributed by atoms with E-state index in [1.165, 1.54) is 12.1 Å². The maximum atomic E-state index is 11.8. The van der Waals surface area contributed by atoms with Crippen LogP contribution in [-0.2, 0) is 10.2 Å². The summed E-state index contributed by atoms with van der Waals surface area (Å²) in [6, 6.07) is 11.6. The molecule has 0 fully saturated rings. The molecule has 0 heterocycles. The number of rotatable bonds is 12. The minimum Gasteiger partial charge on any atom is -0.478 e. The van der Waals surface area contributed by atoms with Crippen molar-refractivity contribution in [1.82, 2.24) is 0 Å². The minimum absolute atomic E-state index is 0.0192. The number of para-hydroxylation sites is 1. The van der Waals surface area contributed by atoms with Crippen molar-refractivity contribution < 1.29 is 23.1 Å². The summed E-state index contributed by atoms with van der Waals surface area (Å²) in [6.07, 6.45) is 3.70. The number of hydrogen-bond donors (Lipinski definition) is 3. The van der Waals surface area contributed by atoms with Gasteiger partial charge in [-0.2, -0.15) is 8.42 Å². The molecule has 0 spiro atoms. The van der Waals surface area contributed by atoms with Crippen molar-refractivity contribution in [3.05, 3.63) is 48.0 Å². The van der Waals surface area contributed by atoms with Gasteiger partial charge >= 0.3 is 5.97 Å². The molecule has 0 aromatic heterocycles. The normalized spacial score (nSPS) is 11.2. The van der Waals surface area contributed by atoms with Crippen LogP contribution in [0, 0.1) is 0 Å². The van der Waals surface area contributed by atoms with E-state index in [2.05, 4.69) is 18.6 Å². The van der Waals surface area contributed by atoms with Crippen molar-refractivity contribution in [1.29, 1.82) is 0 Å². The average molecular weight is 436 g/mol. The van der Waals surface area contributed by atoms with Crippen molar-refractivity contribution in [2.75, 3.05) is 22.7 Å². The zero-order valence-electron chi connectivity index (χ0n) is 17.3. The molecule has 0 aliphatic heterocycles. The second-order valence-electron chi connectivity index (χ2n) is 6.93. The van der Waals surface area contributed by atoms with E-state index in [1.807, 2.05) is 11.0 Å². The quantitative estimate of drug-likeness (QED) is 0.459. The van der Waals surface area contributed by atoms with E-state index in [-0.39, 0.29) is 17.0 Å². The van der Waals surface area contributed by atoms with Crippen LogP contribution in [0.1, 0.15) is 49.9 Å². The molecule has 4 N–H and O–H groups in total. The molecule has 2 aromatic rings. The Morgan fingerprint density at radius 3 is 2.20 bits per heavy atom. The standard InChI is InChI=1S/C21H29N3O5S/c1-3-5-12-24(13-6-4-2)19-15-16(21(25)26)14-18(23-30(22,27)28)20(19)29-17-10-8-7-9-11-17/h7-11,14-15,23H,3-6,12-13H2,1-2H3,(H,25,26)(H2,22,27,28). The van der Waals surface area contributed by atoms with Gasteiger partial charge in [0.25, 0.3) is 10.2 Å². The van der Waals surface area contributed by atoms with Crippen LogP contribution in [0.3, 0.4) is 0 Å². The zero-order chi connectivity index (χ0) is 22.1. The molecular weight excluding hydrogens is 406 g/mol. The van der Waals surface area contributed by atoms with E-state index in [0.29, 0.717) is 24.5 Å². The van der Waals surface area contributed by atoms with Gasteiger partial charge in [-0.25, -0.2) is 9.93 Å². The highest BCUT2D eigenvalue weighted by molar-refractivity contribution is 7.90. The van der Waals surface area contributed by atoms with Gasteiger partial charge < -0.3 is 14.7 Å². The third-order valence-electron chi connectivity index (χ3n) is 4.44. The highest BCUT2D eigenvalue weighted by Gasteiger charge is 2.22. The van der Waals surface area contributed by atoms with Gasteiger partial charge in [-0.3, -0.25) is 4.72 Å². The van der Waals surface area contributed by atoms with E-state index in [9.17, 15) is 18.3 Å². The molecule has 0 saturated heterocycles. The Bertz CT molecular complexity index is 941. The number of carboxylic acid groups (broad SMARTS) is 1. The zero-order valence-corrected chi connectivity index (χ0v) is 18.1. The van der Waals surface area contributed by atoms with Crippen LogP contribution in [0.4, 0.5) is 11.4 Å². The molecule has 2 aromatic carbocycles. The van der Waals surface area contributed by atoms with Crippen LogP contribution in [0.5, 0.6) is 11.5 Å². The Morgan fingerprint density at radius 1 is 1.10 bits per heavy atom. The number of nitrogens with one attached hydrogen (secondary N) is 1. The number of unbranched alkanes of at least 4 members (excludes halogenated alkanes) is 2. The molecule has 0 bridgehead atoms. The molecule has 0 aliphatic rings. The van der Waals surface area contributed by atoms with Crippen molar-refractivity contribution >= 4 is 27.6 Å². The predicted octanol–water partition coefficient (Wildman–Crippen LogP) is 4.20. The Morgan fingerprint density at radius 2 is 1.70 bits per heavy atom. The molecule has 8 nitrogen and oxygen atoms in total. The number of benzene rings is 2. The Balaban J connectivity index is 2.67. The SMILES string of the molecule is CCCCN(CCCC)c1cc(C(=O)O)cc(NS(N)(=O)=O)c1Oc1ccccc1. The number of ether oxygens (including phenoxy) is 1. The largest absolute Gasteiger partial charge is 0.478 e. The maximum absolute atomic E-state index is 11.8. The summed E-state index contributed by atoms with van der Waals surface area (Å²) in [7, 11) is -4.15. The molecule has 9 heteroatoms. The predicted molar refractivity (Wildman–Crippen MR) is 119 cm³/mol. The van der Waals surface area contributed by atoms with E-state index < -0.39 is 16.2 Å². The monoisotopic (exact) mass is 435 g/mol. The minimum atomic E-state index is -4.15. The number of aromatic carboxylic acids is 1. The van der Waals surface area contributed by atoms with Gasteiger partial charge in [-0.15, -0.1) is 0 Å². The summed E-state index contributed by atoms with van der Waals surface area (Å²) in [4.78, 5) is 13.8. The smallest absolute Gasteiger partial charge is 0.335 e. The van der Waals surface area contributed by atoms with Crippen molar-refractivity contribution in [3.63, 3.8) is 0 Å². The van der Waals surface area contributed by atoms with Gasteiger partial charge in [0, 0.05) is 13.1 Å². The van der Waals surface area contributed by atoms with Crippen molar-refractivity contribution in [2.45, 2.75) is 39.5 Å². The molecule has 0 aliphatic carbocycles. The first-order valence-corrected chi connectivity index (χ1v) is 11.5. The van der Waals surface area contributed by atoms with Crippen LogP contribution in [-0.4, -0.2) is 32.6 Å². The fourth-order valence-corrected chi connectivity index (χ4v) is 3.42. The van der Waals surface area contributed by atoms with Gasteiger partial charge in [0.2, 0.25) is 0 Å². The maximum Gasteiger partial charge on any atom is 0.335 e. The van der Waals surface area contributed by atoms with Crippen LogP contribution >= 0.6 is 0 Å². The fraction of sp³-hybridized carbons (Fsp3) is 0.381. The molecule has 0 amide bonds. The summed E-state index contributed by atoms with van der Waals surface area (Å²) >= 11 is 0. The van der Waals surface area contributed by atoms with Crippen molar-refractivity contribution in [3.8, 4) is 11.5 Å². The van der Waals surface area contributed by atoms with E-state index in [0.717, 1.165) is 25.7 Å². The van der Waals surface area contributed by atoms with Crippen LogP contribution in [0.2, 0.25) is 0 Å². The number of carbonyl (C=O) groups is 1. The van der Waals surface area contributed by atoms with E-state index in [4.69, 9.17) is 9.88 Å². The summed E-state index contributed by atoms with van der Waals surface area (Å²) in [5.74, 6) is -0.469. The Kier molecular flexibility index (Phi) is 8.49. The van der Waals surface area contributed by atoms with E-state index >= 15 is 0 Å². The summed E-state index contributed by atoms with van der Waals surface area (Å²) in [6.45, 7) is 5.50. The lowest BCUT2D eigenvalue weighted by Gasteiger charge is -2.28. The summed E-state index contributed by atoms with van der Waals surface area (Å²) in [5.41, 5.74) is 0.426. The number of hydrogen-bond acceptors (Lipinski definition) is 5. The molecule has 0 saturated carbocycles. The highest BCUT2D eigenvalue weighted by Crippen LogP contribution is 2.41. The molecule has 0 unspecified atom stereocenters. The van der Waals surface area contributed by atoms with Gasteiger partial charge in [-0.05, 0) is 37.1 Å². The molecule has 164 valence electrons. The van der Waals surface area contributed by atoms with Gasteiger partial charge in [-0.1, -0.05) is 44.9 Å². The molecular formula is C21H29N3O5S. The second-order valence-corrected chi connectivity index (χ2v) is 8.23. The van der Waals surface area contributed by atoms with Crippen LogP contribution in [0.25, 0.3) is 0 Å². The first-order valence-electron chi connectivity index (χ1n) is 9.94. The first-order chi connectivity index (χ1) is 14.2. The lowest BCUT2D eigenvalue weighted by atomic mass is 10.1. The molecule has 0 radical (unpaired) electrons. The number of anilines is 2. The number of carboxylic acids is 1. The topological polar surface area (TPSA) is 122 Å². The molecule has 30 heavy (non-hydrogen) atoms. The lowest BCUT2D eigenvalue weighted by molar-refractivity contribution is 0.0697. The van der Waals surface area contributed by atoms with Gasteiger partial charge in [0.05, 0.1) is 16.9 Å². The van der Waals surface area contributed by atoms with Crippen LogP contribution < -0.4 is 19.5 Å². The van der Waals surface area contributed by atoms with Gasteiger partial charge in [0.15, 0.2) is 5.75 Å². The van der Waals surface area contributed by atoms with Crippen molar-refractivity contribution in [2.24, 2.45) is 5.14 Å². The molecule has 2 rings (SSSR count). The summed E-state index contributed by atoms with van der Waals surface area (Å²) < 4.78 is 31.8.